The van der Waals surface area contributed by atoms with Crippen molar-refractivity contribution in [2.45, 2.75) is 13.0 Å². The van der Waals surface area contributed by atoms with Gasteiger partial charge in [0.15, 0.2) is 5.11 Å². The molecule has 0 aromatic heterocycles. The molecule has 1 aromatic carbocycles. The maximum atomic E-state index is 5.44. The summed E-state index contributed by atoms with van der Waals surface area (Å²) < 4.78 is 0. The van der Waals surface area contributed by atoms with Crippen molar-refractivity contribution < 1.29 is 0 Å². The van der Waals surface area contributed by atoms with Crippen molar-refractivity contribution in [1.29, 1.82) is 0 Å². The highest BCUT2D eigenvalue weighted by Crippen LogP contribution is 2.21. The van der Waals surface area contributed by atoms with Gasteiger partial charge in [0.2, 0.25) is 0 Å². The van der Waals surface area contributed by atoms with E-state index in [-0.39, 0.29) is 0 Å². The van der Waals surface area contributed by atoms with E-state index in [1.807, 2.05) is 6.07 Å². The Morgan fingerprint density at radius 2 is 2.27 bits per heavy atom. The molecule has 2 rings (SSSR count). The van der Waals surface area contributed by atoms with Gasteiger partial charge < -0.3 is 16.0 Å². The molecule has 3 N–H and O–H groups in total. The van der Waals surface area contributed by atoms with Crippen LogP contribution in [0.4, 0.5) is 5.69 Å². The summed E-state index contributed by atoms with van der Waals surface area (Å²) in [4.78, 5) is 2.31. The first kappa shape index (κ1) is 10.4. The number of likely N-dealkylation sites (N-methyl/N-ethyl adjacent to an activating group) is 1. The van der Waals surface area contributed by atoms with Crippen molar-refractivity contribution in [3.8, 4) is 0 Å². The van der Waals surface area contributed by atoms with Crippen molar-refractivity contribution in [3.05, 3.63) is 29.3 Å². The largest absolute Gasteiger partial charge is 0.376 e. The van der Waals surface area contributed by atoms with Gasteiger partial charge in [0.05, 0.1) is 0 Å². The van der Waals surface area contributed by atoms with Gasteiger partial charge in [-0.05, 0) is 48.9 Å². The highest BCUT2D eigenvalue weighted by Gasteiger charge is 2.12. The molecular weight excluding hydrogens is 206 g/mol. The van der Waals surface area contributed by atoms with Crippen molar-refractivity contribution in [3.63, 3.8) is 0 Å². The Bertz CT molecular complexity index is 389. The normalized spacial score (nSPS) is 15.8. The second kappa shape index (κ2) is 4.16. The minimum atomic E-state index is 0.319. The van der Waals surface area contributed by atoms with Gasteiger partial charge in [0, 0.05) is 18.8 Å². The van der Waals surface area contributed by atoms with Crippen molar-refractivity contribution >= 4 is 23.0 Å². The highest BCUT2D eigenvalue weighted by atomic mass is 32.1. The van der Waals surface area contributed by atoms with E-state index < -0.39 is 0 Å². The fraction of sp³-hybridized carbons (Fsp3) is 0.364. The number of nitrogens with zero attached hydrogens (tertiary/aromatic N) is 1. The lowest BCUT2D eigenvalue weighted by atomic mass is 9.99. The van der Waals surface area contributed by atoms with Gasteiger partial charge in [-0.3, -0.25) is 0 Å². The van der Waals surface area contributed by atoms with Crippen LogP contribution >= 0.6 is 12.2 Å². The maximum absolute atomic E-state index is 5.44. The Morgan fingerprint density at radius 3 is 3.00 bits per heavy atom. The first-order chi connectivity index (χ1) is 7.15. The minimum Gasteiger partial charge on any atom is -0.376 e. The predicted molar refractivity (Wildman–Crippen MR) is 66.9 cm³/mol. The molecule has 1 heterocycles. The summed E-state index contributed by atoms with van der Waals surface area (Å²) >= 11 is 4.81. The van der Waals surface area contributed by atoms with Crippen LogP contribution in [-0.4, -0.2) is 23.6 Å². The molecule has 0 fully saturated rings. The molecule has 15 heavy (non-hydrogen) atoms. The monoisotopic (exact) mass is 221 g/mol. The lowest BCUT2D eigenvalue weighted by molar-refractivity contribution is 0.313. The molecule has 1 aliphatic heterocycles. The number of nitrogens with one attached hydrogen (secondary N) is 1. The molecular formula is C11H15N3S. The number of rotatable bonds is 1. The van der Waals surface area contributed by atoms with Gasteiger partial charge in [-0.15, -0.1) is 0 Å². The van der Waals surface area contributed by atoms with Crippen LogP contribution in [0, 0.1) is 0 Å². The van der Waals surface area contributed by atoms with E-state index in [4.69, 9.17) is 18.0 Å². The molecule has 1 aliphatic rings. The van der Waals surface area contributed by atoms with Crippen molar-refractivity contribution in [2.24, 2.45) is 5.73 Å². The Balaban J connectivity index is 2.24. The maximum Gasteiger partial charge on any atom is 0.168 e. The lowest BCUT2D eigenvalue weighted by Crippen LogP contribution is -2.26. The van der Waals surface area contributed by atoms with Crippen LogP contribution in [0.25, 0.3) is 0 Å². The van der Waals surface area contributed by atoms with E-state index in [0.29, 0.717) is 5.11 Å². The summed E-state index contributed by atoms with van der Waals surface area (Å²) in [5.74, 6) is 0. The zero-order valence-corrected chi connectivity index (χ0v) is 9.60. The van der Waals surface area contributed by atoms with Gasteiger partial charge in [0.25, 0.3) is 0 Å². The fourth-order valence-electron chi connectivity index (χ4n) is 1.92. The van der Waals surface area contributed by atoms with Gasteiger partial charge in [0.1, 0.15) is 0 Å². The van der Waals surface area contributed by atoms with E-state index >= 15 is 0 Å². The number of thiocarbonyl (C=S) groups is 1. The summed E-state index contributed by atoms with van der Waals surface area (Å²) in [5, 5.41) is 3.28. The topological polar surface area (TPSA) is 41.3 Å². The van der Waals surface area contributed by atoms with Crippen molar-refractivity contribution in [2.75, 3.05) is 18.9 Å². The SMILES string of the molecule is CN1CCc2ccc(NC(N)=S)cc2C1. The standard InChI is InChI=1S/C11H15N3S/c1-14-5-4-8-2-3-10(13-11(12)15)6-9(8)7-14/h2-3,6H,4-5,7H2,1H3,(H3,12,13,15). The fourth-order valence-corrected chi connectivity index (χ4v) is 2.04. The first-order valence-corrected chi connectivity index (χ1v) is 5.43. The van der Waals surface area contributed by atoms with Crippen LogP contribution in [0.15, 0.2) is 18.2 Å². The number of benzene rings is 1. The van der Waals surface area contributed by atoms with Crippen LogP contribution in [0.1, 0.15) is 11.1 Å². The van der Waals surface area contributed by atoms with Crippen LogP contribution in [0.5, 0.6) is 0 Å². The van der Waals surface area contributed by atoms with Gasteiger partial charge in [-0.1, -0.05) is 6.07 Å². The van der Waals surface area contributed by atoms with Crippen LogP contribution in [0.2, 0.25) is 0 Å². The summed E-state index contributed by atoms with van der Waals surface area (Å²) in [6, 6.07) is 6.32. The summed E-state index contributed by atoms with van der Waals surface area (Å²) in [6.07, 6.45) is 1.12. The van der Waals surface area contributed by atoms with Gasteiger partial charge in [-0.25, -0.2) is 0 Å². The van der Waals surface area contributed by atoms with E-state index in [0.717, 1.165) is 25.2 Å². The Morgan fingerprint density at radius 1 is 1.47 bits per heavy atom. The molecule has 3 nitrogen and oxygen atoms in total. The number of fused-ring (bicyclic) bond motifs is 1. The van der Waals surface area contributed by atoms with Crippen LogP contribution in [0.3, 0.4) is 0 Å². The Kier molecular flexibility index (Phi) is 2.88. The summed E-state index contributed by atoms with van der Waals surface area (Å²) in [6.45, 7) is 2.14. The van der Waals surface area contributed by atoms with Crippen LogP contribution < -0.4 is 11.1 Å². The third-order valence-electron chi connectivity index (χ3n) is 2.68. The quantitative estimate of drug-likeness (QED) is 0.702. The summed E-state index contributed by atoms with van der Waals surface area (Å²) in [7, 11) is 2.14. The van der Waals surface area contributed by atoms with E-state index in [9.17, 15) is 0 Å². The van der Waals surface area contributed by atoms with Crippen LogP contribution in [-0.2, 0) is 13.0 Å². The molecule has 0 spiro atoms. The van der Waals surface area contributed by atoms with Crippen molar-refractivity contribution in [1.82, 2.24) is 4.90 Å². The smallest absolute Gasteiger partial charge is 0.168 e. The zero-order chi connectivity index (χ0) is 10.8. The van der Waals surface area contributed by atoms with E-state index in [1.165, 1.54) is 11.1 Å². The highest BCUT2D eigenvalue weighted by molar-refractivity contribution is 7.80. The molecule has 0 bridgehead atoms. The number of anilines is 1. The molecule has 0 saturated carbocycles. The number of hydrogen-bond donors (Lipinski definition) is 2. The second-order valence-corrected chi connectivity index (χ2v) is 4.40. The molecule has 0 aliphatic carbocycles. The molecule has 80 valence electrons. The minimum absolute atomic E-state index is 0.319. The average molecular weight is 221 g/mol. The second-order valence-electron chi connectivity index (χ2n) is 3.96. The third kappa shape index (κ3) is 2.46. The summed E-state index contributed by atoms with van der Waals surface area (Å²) in [5.41, 5.74) is 9.22. The molecule has 1 aromatic rings. The number of hydrogen-bond acceptors (Lipinski definition) is 2. The Hall–Kier alpha value is -1.13. The lowest BCUT2D eigenvalue weighted by Gasteiger charge is -2.25. The third-order valence-corrected chi connectivity index (χ3v) is 2.78. The molecule has 0 radical (unpaired) electrons. The average Bonchev–Trinajstić information content (AvgIpc) is 2.16. The predicted octanol–water partition coefficient (Wildman–Crippen LogP) is 1.33. The first-order valence-electron chi connectivity index (χ1n) is 5.02. The molecule has 0 amide bonds. The van der Waals surface area contributed by atoms with E-state index in [1.54, 1.807) is 0 Å². The van der Waals surface area contributed by atoms with E-state index in [2.05, 4.69) is 29.4 Å². The van der Waals surface area contributed by atoms with Gasteiger partial charge in [-0.2, -0.15) is 0 Å². The molecule has 0 atom stereocenters. The molecule has 4 heteroatoms. The molecule has 0 saturated heterocycles. The number of nitrogens with two attached hydrogens (primary N) is 1. The van der Waals surface area contributed by atoms with Gasteiger partial charge >= 0.3 is 0 Å². The Labute approximate surface area is 95.3 Å². The molecule has 0 unspecified atom stereocenters. The zero-order valence-electron chi connectivity index (χ0n) is 8.79.